The van der Waals surface area contributed by atoms with E-state index in [-0.39, 0.29) is 12.1 Å². The van der Waals surface area contributed by atoms with E-state index in [9.17, 15) is 9.59 Å². The molecule has 1 fully saturated rings. The standard InChI is InChI=1S/C19H17BrN2O4/c1-19-10-15(14-9-12(20)5-8-16(14)26-19)21-18(24)22(19)13-6-3-11(4-7-13)17(23)25-2/h3-9,15H,10H2,1-2H3,(H,21,24)/t15-,19+/m1/s1. The number of methoxy groups -OCH3 is 1. The van der Waals surface area contributed by atoms with Gasteiger partial charge in [-0.15, -0.1) is 0 Å². The molecule has 0 unspecified atom stereocenters. The average molecular weight is 417 g/mol. The summed E-state index contributed by atoms with van der Waals surface area (Å²) in [7, 11) is 1.33. The summed E-state index contributed by atoms with van der Waals surface area (Å²) in [4.78, 5) is 26.0. The lowest BCUT2D eigenvalue weighted by atomic mass is 9.90. The highest BCUT2D eigenvalue weighted by Crippen LogP contribution is 2.46. The number of esters is 1. The summed E-state index contributed by atoms with van der Waals surface area (Å²) < 4.78 is 11.9. The van der Waals surface area contributed by atoms with Crippen molar-refractivity contribution in [1.29, 1.82) is 0 Å². The Labute approximate surface area is 159 Å². The molecule has 1 N–H and O–H groups in total. The van der Waals surface area contributed by atoms with Gasteiger partial charge in [-0.1, -0.05) is 15.9 Å². The minimum Gasteiger partial charge on any atom is -0.467 e. The van der Waals surface area contributed by atoms with Crippen LogP contribution < -0.4 is 15.0 Å². The molecule has 134 valence electrons. The number of halogens is 1. The smallest absolute Gasteiger partial charge is 0.337 e. The number of fused-ring (bicyclic) bond motifs is 4. The van der Waals surface area contributed by atoms with Crippen molar-refractivity contribution in [2.75, 3.05) is 12.0 Å². The monoisotopic (exact) mass is 416 g/mol. The second kappa shape index (κ2) is 6.02. The first-order chi connectivity index (χ1) is 12.4. The van der Waals surface area contributed by atoms with Crippen molar-refractivity contribution in [1.82, 2.24) is 5.32 Å². The van der Waals surface area contributed by atoms with Gasteiger partial charge in [0.2, 0.25) is 0 Å². The molecule has 1 saturated heterocycles. The highest BCUT2D eigenvalue weighted by atomic mass is 79.9. The Kier molecular flexibility index (Phi) is 3.91. The molecule has 2 heterocycles. The zero-order valence-corrected chi connectivity index (χ0v) is 15.9. The molecule has 2 atom stereocenters. The number of urea groups is 1. The number of carbonyl (C=O) groups is 2. The minimum atomic E-state index is -0.819. The van der Waals surface area contributed by atoms with Crippen LogP contribution in [0.3, 0.4) is 0 Å². The van der Waals surface area contributed by atoms with Crippen LogP contribution >= 0.6 is 15.9 Å². The molecule has 2 aromatic rings. The quantitative estimate of drug-likeness (QED) is 0.751. The number of ether oxygens (including phenoxy) is 2. The normalized spacial score (nSPS) is 23.6. The van der Waals surface area contributed by atoms with Gasteiger partial charge in [-0.05, 0) is 49.4 Å². The Hall–Kier alpha value is -2.54. The van der Waals surface area contributed by atoms with Crippen molar-refractivity contribution >= 4 is 33.6 Å². The molecule has 2 amide bonds. The van der Waals surface area contributed by atoms with Crippen LogP contribution in [0, 0.1) is 0 Å². The zero-order chi connectivity index (χ0) is 18.5. The fourth-order valence-electron chi connectivity index (χ4n) is 3.60. The molecule has 0 spiro atoms. The Bertz CT molecular complexity index is 899. The van der Waals surface area contributed by atoms with Gasteiger partial charge < -0.3 is 14.8 Å². The Morgan fingerprint density at radius 2 is 2.04 bits per heavy atom. The molecule has 2 aliphatic heterocycles. The van der Waals surface area contributed by atoms with Gasteiger partial charge in [0.15, 0.2) is 5.72 Å². The molecule has 2 bridgehead atoms. The van der Waals surface area contributed by atoms with Gasteiger partial charge >= 0.3 is 12.0 Å². The first kappa shape index (κ1) is 16.9. The maximum atomic E-state index is 12.8. The van der Waals surface area contributed by atoms with Crippen LogP contribution in [0.4, 0.5) is 10.5 Å². The molecule has 4 rings (SSSR count). The SMILES string of the molecule is COC(=O)c1ccc(N2C(=O)N[C@@H]3C[C@]2(C)Oc2ccc(Br)cc23)cc1. The summed E-state index contributed by atoms with van der Waals surface area (Å²) in [6.45, 7) is 1.90. The maximum Gasteiger partial charge on any atom is 0.337 e. The molecular formula is C19H17BrN2O4. The van der Waals surface area contributed by atoms with Gasteiger partial charge in [0.1, 0.15) is 5.75 Å². The van der Waals surface area contributed by atoms with Crippen LogP contribution in [0.1, 0.15) is 35.3 Å². The van der Waals surface area contributed by atoms with Crippen LogP contribution in [-0.2, 0) is 4.74 Å². The van der Waals surface area contributed by atoms with Crippen LogP contribution in [0.15, 0.2) is 46.9 Å². The van der Waals surface area contributed by atoms with Crippen molar-refractivity contribution in [2.45, 2.75) is 25.1 Å². The number of carbonyl (C=O) groups excluding carboxylic acids is 2. The molecule has 7 heteroatoms. The van der Waals surface area contributed by atoms with E-state index in [2.05, 4.69) is 21.2 Å². The summed E-state index contributed by atoms with van der Waals surface area (Å²) in [5.41, 5.74) is 1.22. The van der Waals surface area contributed by atoms with E-state index in [0.29, 0.717) is 17.7 Å². The highest BCUT2D eigenvalue weighted by Gasteiger charge is 2.49. The fraction of sp³-hybridized carbons (Fsp3) is 0.263. The van der Waals surface area contributed by atoms with E-state index >= 15 is 0 Å². The number of hydrogen-bond donors (Lipinski definition) is 1. The number of anilines is 1. The summed E-state index contributed by atoms with van der Waals surface area (Å²) >= 11 is 3.47. The Morgan fingerprint density at radius 3 is 2.73 bits per heavy atom. The van der Waals surface area contributed by atoms with Crippen LogP contribution in [0.25, 0.3) is 0 Å². The van der Waals surface area contributed by atoms with Gasteiger partial charge in [-0.2, -0.15) is 0 Å². The number of amides is 2. The summed E-state index contributed by atoms with van der Waals surface area (Å²) in [6, 6.07) is 12.2. The minimum absolute atomic E-state index is 0.112. The number of nitrogens with one attached hydrogen (secondary N) is 1. The van der Waals surface area contributed by atoms with Gasteiger partial charge in [0, 0.05) is 22.1 Å². The van der Waals surface area contributed by atoms with Gasteiger partial charge in [0.05, 0.1) is 18.7 Å². The predicted octanol–water partition coefficient (Wildman–Crippen LogP) is 4.01. The molecule has 0 saturated carbocycles. The second-order valence-electron chi connectivity index (χ2n) is 6.54. The van der Waals surface area contributed by atoms with Crippen molar-refractivity contribution in [3.05, 3.63) is 58.1 Å². The summed E-state index contributed by atoms with van der Waals surface area (Å²) in [5.74, 6) is 0.336. The van der Waals surface area contributed by atoms with E-state index in [1.54, 1.807) is 29.2 Å². The lowest BCUT2D eigenvalue weighted by Gasteiger charge is -2.50. The molecule has 0 radical (unpaired) electrons. The molecule has 2 aliphatic rings. The lowest BCUT2D eigenvalue weighted by molar-refractivity contribution is 0.0378. The predicted molar refractivity (Wildman–Crippen MR) is 99.3 cm³/mol. The molecule has 2 aromatic carbocycles. The molecular weight excluding hydrogens is 400 g/mol. The first-order valence-corrected chi connectivity index (χ1v) is 8.98. The van der Waals surface area contributed by atoms with Gasteiger partial charge in [0.25, 0.3) is 0 Å². The second-order valence-corrected chi connectivity index (χ2v) is 7.45. The fourth-order valence-corrected chi connectivity index (χ4v) is 3.98. The van der Waals surface area contributed by atoms with Crippen molar-refractivity contribution in [3.8, 4) is 5.75 Å². The molecule has 0 aromatic heterocycles. The van der Waals surface area contributed by atoms with Crippen LogP contribution in [0.5, 0.6) is 5.75 Å². The van der Waals surface area contributed by atoms with E-state index in [1.807, 2.05) is 25.1 Å². The van der Waals surface area contributed by atoms with E-state index in [4.69, 9.17) is 9.47 Å². The molecule has 26 heavy (non-hydrogen) atoms. The van der Waals surface area contributed by atoms with E-state index in [1.165, 1.54) is 7.11 Å². The number of benzene rings is 2. The number of hydrogen-bond acceptors (Lipinski definition) is 4. The van der Waals surface area contributed by atoms with Crippen molar-refractivity contribution in [3.63, 3.8) is 0 Å². The third-order valence-electron chi connectivity index (χ3n) is 4.78. The van der Waals surface area contributed by atoms with Gasteiger partial charge in [-0.25, -0.2) is 9.59 Å². The highest BCUT2D eigenvalue weighted by molar-refractivity contribution is 9.10. The lowest BCUT2D eigenvalue weighted by Crippen LogP contribution is -2.65. The topological polar surface area (TPSA) is 67.9 Å². The summed E-state index contributed by atoms with van der Waals surface area (Å²) in [5, 5.41) is 3.05. The largest absolute Gasteiger partial charge is 0.467 e. The third kappa shape index (κ3) is 2.63. The number of rotatable bonds is 2. The van der Waals surface area contributed by atoms with Gasteiger partial charge in [-0.3, -0.25) is 4.90 Å². The Morgan fingerprint density at radius 1 is 1.31 bits per heavy atom. The van der Waals surface area contributed by atoms with Crippen LogP contribution in [0.2, 0.25) is 0 Å². The van der Waals surface area contributed by atoms with E-state index in [0.717, 1.165) is 15.8 Å². The molecule has 6 nitrogen and oxygen atoms in total. The summed E-state index contributed by atoms with van der Waals surface area (Å²) in [6.07, 6.45) is 0.612. The van der Waals surface area contributed by atoms with E-state index < -0.39 is 11.7 Å². The van der Waals surface area contributed by atoms with Crippen molar-refractivity contribution in [2.24, 2.45) is 0 Å². The van der Waals surface area contributed by atoms with Crippen LogP contribution in [-0.4, -0.2) is 24.8 Å². The van der Waals surface area contributed by atoms with Crippen molar-refractivity contribution < 1.29 is 19.1 Å². The number of nitrogens with zero attached hydrogens (tertiary/aromatic N) is 1. The zero-order valence-electron chi connectivity index (χ0n) is 14.3. The third-order valence-corrected chi connectivity index (χ3v) is 5.27. The first-order valence-electron chi connectivity index (χ1n) is 8.19. The maximum absolute atomic E-state index is 12.8. The Balaban J connectivity index is 1.71. The molecule has 0 aliphatic carbocycles. The average Bonchev–Trinajstić information content (AvgIpc) is 2.62.